The molecular formula is C17H29NO4. The number of hydrogen-bond donors (Lipinski definition) is 0. The molecule has 0 aliphatic carbocycles. The zero-order valence-corrected chi connectivity index (χ0v) is 14.7. The monoisotopic (exact) mass is 311 g/mol. The van der Waals surface area contributed by atoms with Crippen LogP contribution in [0.2, 0.25) is 0 Å². The van der Waals surface area contributed by atoms with Gasteiger partial charge in [-0.1, -0.05) is 5.57 Å². The van der Waals surface area contributed by atoms with Gasteiger partial charge in [-0.3, -0.25) is 4.79 Å². The number of likely N-dealkylation sites (tertiary alicyclic amines) is 1. The van der Waals surface area contributed by atoms with E-state index in [2.05, 4.69) is 0 Å². The minimum atomic E-state index is -0.491. The third kappa shape index (κ3) is 6.08. The topological polar surface area (TPSA) is 55.8 Å². The SMILES string of the molecule is CC(C)=C(C)COC(=O)C1CCN(C(=O)OC(C)(C)C)CC1. The molecule has 0 bridgehead atoms. The average Bonchev–Trinajstić information content (AvgIpc) is 2.42. The predicted molar refractivity (Wildman–Crippen MR) is 85.5 cm³/mol. The number of esters is 1. The summed E-state index contributed by atoms with van der Waals surface area (Å²) in [4.78, 5) is 25.7. The van der Waals surface area contributed by atoms with Crippen molar-refractivity contribution in [3.8, 4) is 0 Å². The quantitative estimate of drug-likeness (QED) is 0.591. The molecule has 1 heterocycles. The molecule has 5 nitrogen and oxygen atoms in total. The Morgan fingerprint density at radius 1 is 1.09 bits per heavy atom. The lowest BCUT2D eigenvalue weighted by Gasteiger charge is -2.32. The van der Waals surface area contributed by atoms with Crippen LogP contribution >= 0.6 is 0 Å². The molecule has 0 spiro atoms. The van der Waals surface area contributed by atoms with Crippen molar-refractivity contribution in [1.82, 2.24) is 4.90 Å². The lowest BCUT2D eigenvalue weighted by molar-refractivity contribution is -0.149. The first-order valence-corrected chi connectivity index (χ1v) is 7.87. The van der Waals surface area contributed by atoms with E-state index in [1.807, 2.05) is 41.5 Å². The van der Waals surface area contributed by atoms with Gasteiger partial charge in [-0.25, -0.2) is 4.79 Å². The molecular weight excluding hydrogens is 282 g/mol. The van der Waals surface area contributed by atoms with Crippen molar-refractivity contribution >= 4 is 12.1 Å². The number of carbonyl (C=O) groups excluding carboxylic acids is 2. The van der Waals surface area contributed by atoms with Crippen LogP contribution in [0.1, 0.15) is 54.4 Å². The van der Waals surface area contributed by atoms with Gasteiger partial charge < -0.3 is 14.4 Å². The lowest BCUT2D eigenvalue weighted by atomic mass is 9.97. The first-order valence-electron chi connectivity index (χ1n) is 7.87. The van der Waals surface area contributed by atoms with E-state index >= 15 is 0 Å². The summed E-state index contributed by atoms with van der Waals surface area (Å²) in [7, 11) is 0. The van der Waals surface area contributed by atoms with Gasteiger partial charge in [0.25, 0.3) is 0 Å². The van der Waals surface area contributed by atoms with Crippen LogP contribution < -0.4 is 0 Å². The molecule has 1 aliphatic rings. The highest BCUT2D eigenvalue weighted by molar-refractivity contribution is 5.73. The summed E-state index contributed by atoms with van der Waals surface area (Å²) >= 11 is 0. The highest BCUT2D eigenvalue weighted by atomic mass is 16.6. The molecule has 1 saturated heterocycles. The third-order valence-electron chi connectivity index (χ3n) is 3.76. The predicted octanol–water partition coefficient (Wildman–Crippen LogP) is 3.53. The molecule has 0 aromatic heterocycles. The second-order valence-corrected chi connectivity index (χ2v) is 7.13. The summed E-state index contributed by atoms with van der Waals surface area (Å²) in [5.41, 5.74) is 1.77. The molecule has 0 aromatic rings. The Hall–Kier alpha value is -1.52. The fourth-order valence-electron chi connectivity index (χ4n) is 2.07. The smallest absolute Gasteiger partial charge is 0.410 e. The summed E-state index contributed by atoms with van der Waals surface area (Å²) in [6.07, 6.45) is 0.956. The maximum absolute atomic E-state index is 12.1. The first kappa shape index (κ1) is 18.5. The van der Waals surface area contributed by atoms with Crippen molar-refractivity contribution in [3.63, 3.8) is 0 Å². The normalized spacial score (nSPS) is 16.2. The molecule has 1 fully saturated rings. The molecule has 0 aromatic carbocycles. The lowest BCUT2D eigenvalue weighted by Crippen LogP contribution is -2.43. The Balaban J connectivity index is 2.40. The van der Waals surface area contributed by atoms with Gasteiger partial charge in [-0.15, -0.1) is 0 Å². The second-order valence-electron chi connectivity index (χ2n) is 7.13. The van der Waals surface area contributed by atoms with Crippen LogP contribution in [0.4, 0.5) is 4.79 Å². The molecule has 0 atom stereocenters. The Labute approximate surface area is 133 Å². The van der Waals surface area contributed by atoms with Crippen molar-refractivity contribution in [2.75, 3.05) is 19.7 Å². The molecule has 0 N–H and O–H groups in total. The van der Waals surface area contributed by atoms with Gasteiger partial charge in [0.15, 0.2) is 0 Å². The molecule has 5 heteroatoms. The Morgan fingerprint density at radius 2 is 1.64 bits per heavy atom. The summed E-state index contributed by atoms with van der Waals surface area (Å²) in [6, 6.07) is 0. The van der Waals surface area contributed by atoms with Gasteiger partial charge in [0.05, 0.1) is 5.92 Å². The highest BCUT2D eigenvalue weighted by Crippen LogP contribution is 2.21. The summed E-state index contributed by atoms with van der Waals surface area (Å²) < 4.78 is 10.7. The molecule has 22 heavy (non-hydrogen) atoms. The Bertz CT molecular complexity index is 436. The van der Waals surface area contributed by atoms with Gasteiger partial charge in [0, 0.05) is 13.1 Å². The van der Waals surface area contributed by atoms with Crippen molar-refractivity contribution in [3.05, 3.63) is 11.1 Å². The van der Waals surface area contributed by atoms with Crippen LogP contribution in [0.3, 0.4) is 0 Å². The highest BCUT2D eigenvalue weighted by Gasteiger charge is 2.30. The summed E-state index contributed by atoms with van der Waals surface area (Å²) in [5.74, 6) is -0.284. The van der Waals surface area contributed by atoms with E-state index in [1.54, 1.807) is 4.90 Å². The molecule has 0 radical (unpaired) electrons. The molecule has 0 unspecified atom stereocenters. The number of allylic oxidation sites excluding steroid dienone is 1. The second kappa shape index (κ2) is 7.65. The van der Waals surface area contributed by atoms with Crippen LogP contribution in [-0.2, 0) is 14.3 Å². The maximum atomic E-state index is 12.1. The molecule has 0 saturated carbocycles. The van der Waals surface area contributed by atoms with Gasteiger partial charge >= 0.3 is 12.1 Å². The van der Waals surface area contributed by atoms with Crippen LogP contribution in [0.15, 0.2) is 11.1 Å². The molecule has 1 rings (SSSR count). The largest absolute Gasteiger partial charge is 0.461 e. The zero-order valence-electron chi connectivity index (χ0n) is 14.7. The number of rotatable bonds is 3. The van der Waals surface area contributed by atoms with Gasteiger partial charge in [0.2, 0.25) is 0 Å². The van der Waals surface area contributed by atoms with E-state index in [0.717, 1.165) is 5.57 Å². The fourth-order valence-corrected chi connectivity index (χ4v) is 2.07. The zero-order chi connectivity index (χ0) is 16.9. The minimum Gasteiger partial charge on any atom is -0.461 e. The fraction of sp³-hybridized carbons (Fsp3) is 0.765. The van der Waals surface area contributed by atoms with Crippen LogP contribution in [-0.4, -0.2) is 42.3 Å². The van der Waals surface area contributed by atoms with Gasteiger partial charge in [-0.05, 0) is 60.0 Å². The number of amides is 1. The molecule has 1 amide bonds. The maximum Gasteiger partial charge on any atom is 0.410 e. The van der Waals surface area contributed by atoms with Crippen molar-refractivity contribution in [1.29, 1.82) is 0 Å². The van der Waals surface area contributed by atoms with E-state index in [4.69, 9.17) is 9.47 Å². The standard InChI is InChI=1S/C17H29NO4/c1-12(2)13(3)11-21-15(19)14-7-9-18(10-8-14)16(20)22-17(4,5)6/h14H,7-11H2,1-6H3. The van der Waals surface area contributed by atoms with Crippen molar-refractivity contribution in [2.24, 2.45) is 5.92 Å². The van der Waals surface area contributed by atoms with Crippen LogP contribution in [0.25, 0.3) is 0 Å². The first-order chi connectivity index (χ1) is 10.1. The van der Waals surface area contributed by atoms with E-state index in [1.165, 1.54) is 5.57 Å². The number of piperidine rings is 1. The average molecular weight is 311 g/mol. The Morgan fingerprint density at radius 3 is 2.09 bits per heavy atom. The van der Waals surface area contributed by atoms with E-state index in [-0.39, 0.29) is 18.0 Å². The van der Waals surface area contributed by atoms with Crippen LogP contribution in [0, 0.1) is 5.92 Å². The Kier molecular flexibility index (Phi) is 6.45. The summed E-state index contributed by atoms with van der Waals surface area (Å²) in [6.45, 7) is 12.9. The molecule has 126 valence electrons. The third-order valence-corrected chi connectivity index (χ3v) is 3.76. The van der Waals surface area contributed by atoms with Gasteiger partial charge in [0.1, 0.15) is 12.2 Å². The van der Waals surface area contributed by atoms with Gasteiger partial charge in [-0.2, -0.15) is 0 Å². The minimum absolute atomic E-state index is 0.122. The number of carbonyl (C=O) groups is 2. The van der Waals surface area contributed by atoms with Crippen LogP contribution in [0.5, 0.6) is 0 Å². The van der Waals surface area contributed by atoms with Crippen molar-refractivity contribution < 1.29 is 19.1 Å². The number of nitrogens with zero attached hydrogens (tertiary/aromatic N) is 1. The number of ether oxygens (including phenoxy) is 2. The van der Waals surface area contributed by atoms with Crippen molar-refractivity contribution in [2.45, 2.75) is 60.0 Å². The van der Waals surface area contributed by atoms with E-state index in [9.17, 15) is 9.59 Å². The number of hydrogen-bond acceptors (Lipinski definition) is 4. The summed E-state index contributed by atoms with van der Waals surface area (Å²) in [5, 5.41) is 0. The molecule has 1 aliphatic heterocycles. The van der Waals surface area contributed by atoms with E-state index in [0.29, 0.717) is 32.5 Å². The van der Waals surface area contributed by atoms with E-state index < -0.39 is 5.60 Å².